The van der Waals surface area contributed by atoms with E-state index in [2.05, 4.69) is 22.6 Å². The number of thioether (sulfide) groups is 1. The van der Waals surface area contributed by atoms with Gasteiger partial charge in [-0.2, -0.15) is 0 Å². The summed E-state index contributed by atoms with van der Waals surface area (Å²) in [7, 11) is 0. The average molecular weight is 465 g/mol. The van der Waals surface area contributed by atoms with E-state index in [-0.39, 0.29) is 11.1 Å². The molecule has 0 N–H and O–H groups in total. The first-order valence-corrected chi connectivity index (χ1v) is 9.69. The fourth-order valence-corrected chi connectivity index (χ4v) is 3.58. The molecule has 0 radical (unpaired) electrons. The first-order chi connectivity index (χ1) is 12.1. The summed E-state index contributed by atoms with van der Waals surface area (Å²) in [5, 5.41) is -0.235. The van der Waals surface area contributed by atoms with E-state index in [1.165, 1.54) is 4.90 Å². The highest BCUT2D eigenvalue weighted by molar-refractivity contribution is 14.1. The number of halogens is 1. The Kier molecular flexibility index (Phi) is 5.80. The van der Waals surface area contributed by atoms with Crippen LogP contribution in [0.1, 0.15) is 18.1 Å². The molecule has 0 saturated carbocycles. The van der Waals surface area contributed by atoms with Crippen LogP contribution in [0.3, 0.4) is 0 Å². The maximum Gasteiger partial charge on any atom is 0.293 e. The maximum atomic E-state index is 12.6. The molecule has 0 atom stereocenters. The van der Waals surface area contributed by atoms with Crippen LogP contribution in [0.25, 0.3) is 6.08 Å². The molecule has 128 valence electrons. The minimum Gasteiger partial charge on any atom is -0.494 e. The molecule has 0 aliphatic carbocycles. The third-order valence-corrected chi connectivity index (χ3v) is 5.24. The third kappa shape index (κ3) is 4.43. The lowest BCUT2D eigenvalue weighted by atomic mass is 10.2. The van der Waals surface area contributed by atoms with Gasteiger partial charge in [-0.1, -0.05) is 24.3 Å². The molecule has 1 aliphatic heterocycles. The molecule has 1 heterocycles. The standard InChI is InChI=1S/C19H16INO3S/c1-2-24-16-9-5-13(6-10-16)11-17-18(22)21(19(23)25-17)12-14-3-7-15(20)8-4-14/h3-11H,2,12H2,1H3/b17-11+. The zero-order chi connectivity index (χ0) is 17.8. The number of nitrogens with zero attached hydrogens (tertiary/aromatic N) is 1. The number of imide groups is 1. The van der Waals surface area contributed by atoms with Crippen LogP contribution in [0, 0.1) is 3.57 Å². The van der Waals surface area contributed by atoms with Crippen LogP contribution >= 0.6 is 34.4 Å². The van der Waals surface area contributed by atoms with Crippen LogP contribution in [0.2, 0.25) is 0 Å². The molecule has 1 fully saturated rings. The number of rotatable bonds is 5. The summed E-state index contributed by atoms with van der Waals surface area (Å²) in [5.74, 6) is 0.536. The lowest BCUT2D eigenvalue weighted by Gasteiger charge is -2.12. The van der Waals surface area contributed by atoms with Crippen LogP contribution < -0.4 is 4.74 Å². The van der Waals surface area contributed by atoms with Crippen molar-refractivity contribution < 1.29 is 14.3 Å². The van der Waals surface area contributed by atoms with Crippen LogP contribution in [-0.4, -0.2) is 22.7 Å². The highest BCUT2D eigenvalue weighted by Gasteiger charge is 2.34. The Labute approximate surface area is 164 Å². The van der Waals surface area contributed by atoms with Crippen LogP contribution in [0.15, 0.2) is 53.4 Å². The molecule has 1 saturated heterocycles. The summed E-state index contributed by atoms with van der Waals surface area (Å²) in [6, 6.07) is 15.2. The van der Waals surface area contributed by atoms with E-state index in [1.807, 2.05) is 55.5 Å². The molecule has 0 unspecified atom stereocenters. The van der Waals surface area contributed by atoms with Crippen LogP contribution in [0.5, 0.6) is 5.75 Å². The zero-order valence-electron chi connectivity index (χ0n) is 13.6. The van der Waals surface area contributed by atoms with Gasteiger partial charge in [0.2, 0.25) is 0 Å². The second-order valence-corrected chi connectivity index (χ2v) is 7.64. The van der Waals surface area contributed by atoms with Crippen molar-refractivity contribution in [3.8, 4) is 5.75 Å². The van der Waals surface area contributed by atoms with Gasteiger partial charge < -0.3 is 4.74 Å². The largest absolute Gasteiger partial charge is 0.494 e. The maximum absolute atomic E-state index is 12.6. The molecule has 2 aromatic rings. The van der Waals surface area contributed by atoms with Crippen molar-refractivity contribution in [2.45, 2.75) is 13.5 Å². The van der Waals surface area contributed by atoms with Gasteiger partial charge in [0.25, 0.3) is 11.1 Å². The van der Waals surface area contributed by atoms with Crippen molar-refractivity contribution in [2.24, 2.45) is 0 Å². The summed E-state index contributed by atoms with van der Waals surface area (Å²) >= 11 is 3.20. The fraction of sp³-hybridized carbons (Fsp3) is 0.158. The molecule has 2 amide bonds. The predicted octanol–water partition coefficient (Wildman–Crippen LogP) is 4.93. The zero-order valence-corrected chi connectivity index (χ0v) is 16.5. The molecule has 3 rings (SSSR count). The number of carbonyl (C=O) groups is 2. The molecule has 25 heavy (non-hydrogen) atoms. The number of ether oxygens (including phenoxy) is 1. The van der Waals surface area contributed by atoms with Crippen molar-refractivity contribution in [3.05, 3.63) is 68.1 Å². The molecule has 0 bridgehead atoms. The van der Waals surface area contributed by atoms with Gasteiger partial charge in [-0.15, -0.1) is 0 Å². The Morgan fingerprint density at radius 1 is 1.08 bits per heavy atom. The van der Waals surface area contributed by atoms with E-state index in [0.717, 1.165) is 32.2 Å². The minimum atomic E-state index is -0.248. The number of amides is 2. The number of hydrogen-bond donors (Lipinski definition) is 0. The van der Waals surface area contributed by atoms with Crippen molar-refractivity contribution in [2.75, 3.05) is 6.61 Å². The summed E-state index contributed by atoms with van der Waals surface area (Å²) < 4.78 is 6.52. The van der Waals surface area contributed by atoms with E-state index in [0.29, 0.717) is 18.1 Å². The Morgan fingerprint density at radius 3 is 2.40 bits per heavy atom. The topological polar surface area (TPSA) is 46.6 Å². The molecular formula is C19H16INO3S. The first-order valence-electron chi connectivity index (χ1n) is 7.79. The van der Waals surface area contributed by atoms with Gasteiger partial charge in [0.05, 0.1) is 18.1 Å². The molecule has 0 spiro atoms. The highest BCUT2D eigenvalue weighted by Crippen LogP contribution is 2.33. The van der Waals surface area contributed by atoms with E-state index in [4.69, 9.17) is 4.74 Å². The van der Waals surface area contributed by atoms with Gasteiger partial charge >= 0.3 is 0 Å². The van der Waals surface area contributed by atoms with Crippen molar-refractivity contribution in [3.63, 3.8) is 0 Å². The Bertz CT molecular complexity index is 816. The van der Waals surface area contributed by atoms with Crippen molar-refractivity contribution >= 4 is 51.6 Å². The molecule has 2 aromatic carbocycles. The molecule has 6 heteroatoms. The Hall–Kier alpha value is -1.80. The second-order valence-electron chi connectivity index (χ2n) is 5.40. The first kappa shape index (κ1) is 18.0. The monoisotopic (exact) mass is 465 g/mol. The van der Waals surface area contributed by atoms with Gasteiger partial charge in [-0.3, -0.25) is 14.5 Å². The lowest BCUT2D eigenvalue weighted by molar-refractivity contribution is -0.123. The fourth-order valence-electron chi connectivity index (χ4n) is 2.39. The van der Waals surface area contributed by atoms with Crippen molar-refractivity contribution in [1.29, 1.82) is 0 Å². The van der Waals surface area contributed by atoms with Crippen LogP contribution in [-0.2, 0) is 11.3 Å². The highest BCUT2D eigenvalue weighted by atomic mass is 127. The Balaban J connectivity index is 1.74. The summed E-state index contributed by atoms with van der Waals surface area (Å²) in [6.45, 7) is 2.83. The molecule has 1 aliphatic rings. The third-order valence-electron chi connectivity index (χ3n) is 3.62. The second kappa shape index (κ2) is 8.05. The van der Waals surface area contributed by atoms with E-state index in [9.17, 15) is 9.59 Å². The molecule has 0 aromatic heterocycles. The van der Waals surface area contributed by atoms with Gasteiger partial charge in [-0.05, 0) is 82.7 Å². The number of benzene rings is 2. The van der Waals surface area contributed by atoms with Gasteiger partial charge in [0.1, 0.15) is 5.75 Å². The van der Waals surface area contributed by atoms with Gasteiger partial charge in [0, 0.05) is 3.57 Å². The minimum absolute atomic E-state index is 0.235. The summed E-state index contributed by atoms with van der Waals surface area (Å²) in [4.78, 5) is 26.5. The van der Waals surface area contributed by atoms with Crippen molar-refractivity contribution in [1.82, 2.24) is 4.90 Å². The molecular weight excluding hydrogens is 449 g/mol. The average Bonchev–Trinajstić information content (AvgIpc) is 2.86. The van der Waals surface area contributed by atoms with E-state index < -0.39 is 0 Å². The summed E-state index contributed by atoms with van der Waals surface area (Å²) in [5.41, 5.74) is 1.80. The normalized spacial score (nSPS) is 15.9. The smallest absolute Gasteiger partial charge is 0.293 e. The van der Waals surface area contributed by atoms with Gasteiger partial charge in [0.15, 0.2) is 0 Å². The lowest BCUT2D eigenvalue weighted by Crippen LogP contribution is -2.27. The molecule has 4 nitrogen and oxygen atoms in total. The number of hydrogen-bond acceptors (Lipinski definition) is 4. The predicted molar refractivity (Wildman–Crippen MR) is 108 cm³/mol. The Morgan fingerprint density at radius 2 is 1.76 bits per heavy atom. The number of carbonyl (C=O) groups excluding carboxylic acids is 2. The summed E-state index contributed by atoms with van der Waals surface area (Å²) in [6.07, 6.45) is 1.74. The van der Waals surface area contributed by atoms with E-state index >= 15 is 0 Å². The SMILES string of the molecule is CCOc1ccc(/C=C2/SC(=O)N(Cc3ccc(I)cc3)C2=O)cc1. The van der Waals surface area contributed by atoms with E-state index in [1.54, 1.807) is 6.08 Å². The van der Waals surface area contributed by atoms with Gasteiger partial charge in [-0.25, -0.2) is 0 Å². The van der Waals surface area contributed by atoms with Crippen LogP contribution in [0.4, 0.5) is 4.79 Å². The quantitative estimate of drug-likeness (QED) is 0.465.